The molecule has 0 aliphatic rings. The van der Waals surface area contributed by atoms with Gasteiger partial charge < -0.3 is 20.9 Å². The third-order valence-corrected chi connectivity index (χ3v) is 7.72. The van der Waals surface area contributed by atoms with E-state index in [1.54, 1.807) is 0 Å². The van der Waals surface area contributed by atoms with Crippen molar-refractivity contribution in [2.24, 2.45) is 5.73 Å². The highest BCUT2D eigenvalue weighted by molar-refractivity contribution is 5.83. The number of unbranched alkanes of at least 4 members (excludes halogenated alkanes) is 15. The Hall–Kier alpha value is -2.15. The van der Waals surface area contributed by atoms with E-state index in [0.29, 0.717) is 38.6 Å². The summed E-state index contributed by atoms with van der Waals surface area (Å²) in [6, 6.07) is -0.868. The van der Waals surface area contributed by atoms with Gasteiger partial charge in [0.2, 0.25) is 5.91 Å². The van der Waals surface area contributed by atoms with E-state index in [1.165, 1.54) is 64.2 Å². The van der Waals surface area contributed by atoms with Crippen molar-refractivity contribution in [3.05, 3.63) is 24.3 Å². The maximum atomic E-state index is 12.5. The van der Waals surface area contributed by atoms with Crippen LogP contribution >= 0.6 is 0 Å². The summed E-state index contributed by atoms with van der Waals surface area (Å²) < 4.78 is 5.84. The lowest BCUT2D eigenvalue weighted by molar-refractivity contribution is -0.147. The fraction of sp³-hybridized carbons (Fsp3) is 0.806. The first kappa shape index (κ1) is 40.9. The van der Waals surface area contributed by atoms with Crippen LogP contribution in [-0.2, 0) is 19.1 Å². The van der Waals surface area contributed by atoms with Crippen molar-refractivity contribution < 1.29 is 24.2 Å². The number of carboxylic acids is 1. The third kappa shape index (κ3) is 28.4. The van der Waals surface area contributed by atoms with Crippen LogP contribution in [-0.4, -0.2) is 41.6 Å². The van der Waals surface area contributed by atoms with Gasteiger partial charge in [-0.05, 0) is 89.7 Å². The third-order valence-electron chi connectivity index (χ3n) is 7.72. The lowest BCUT2D eigenvalue weighted by atomic mass is 10.1. The fourth-order valence-electron chi connectivity index (χ4n) is 5.00. The first-order valence-electron chi connectivity index (χ1n) is 17.7. The summed E-state index contributed by atoms with van der Waals surface area (Å²) >= 11 is 0. The molecule has 7 nitrogen and oxygen atoms in total. The van der Waals surface area contributed by atoms with E-state index in [2.05, 4.69) is 43.5 Å². The summed E-state index contributed by atoms with van der Waals surface area (Å²) in [6.45, 7) is 4.84. The Morgan fingerprint density at radius 1 is 0.674 bits per heavy atom. The quantitative estimate of drug-likeness (QED) is 0.0412. The van der Waals surface area contributed by atoms with Crippen LogP contribution in [0.2, 0.25) is 0 Å². The molecule has 0 aliphatic heterocycles. The highest BCUT2D eigenvalue weighted by Crippen LogP contribution is 2.15. The van der Waals surface area contributed by atoms with Crippen LogP contribution in [0, 0.1) is 0 Å². The smallest absolute Gasteiger partial charge is 0.326 e. The van der Waals surface area contributed by atoms with Gasteiger partial charge in [-0.1, -0.05) is 96.3 Å². The van der Waals surface area contributed by atoms with Crippen LogP contribution in [0.3, 0.4) is 0 Å². The summed E-state index contributed by atoms with van der Waals surface area (Å²) in [4.78, 5) is 36.0. The Morgan fingerprint density at radius 3 is 1.86 bits per heavy atom. The molecule has 250 valence electrons. The molecule has 4 N–H and O–H groups in total. The Bertz CT molecular complexity index is 737. The minimum absolute atomic E-state index is 0.103. The van der Waals surface area contributed by atoms with Gasteiger partial charge in [-0.15, -0.1) is 0 Å². The van der Waals surface area contributed by atoms with Gasteiger partial charge in [0, 0.05) is 12.8 Å². The SMILES string of the molecule is CCCCC/C=C\C(CCCCCCC(=O)NC(CCCN)C(=O)O)OC(=O)CCCCCCC/C=C\CCCCCC. The first-order chi connectivity index (χ1) is 20.9. The number of nitrogens with two attached hydrogens (primary N) is 1. The normalized spacial score (nSPS) is 13.0. The molecule has 0 fully saturated rings. The molecule has 0 aromatic rings. The molecule has 0 aliphatic carbocycles. The van der Waals surface area contributed by atoms with Gasteiger partial charge in [-0.2, -0.15) is 0 Å². The average molecular weight is 607 g/mol. The summed E-state index contributed by atoms with van der Waals surface area (Å²) in [5, 5.41) is 11.9. The Balaban J connectivity index is 4.21. The Kier molecular flexibility index (Phi) is 29.7. The van der Waals surface area contributed by atoms with E-state index in [0.717, 1.165) is 57.8 Å². The summed E-state index contributed by atoms with van der Waals surface area (Å²) in [5.41, 5.74) is 5.45. The van der Waals surface area contributed by atoms with Gasteiger partial charge in [0.1, 0.15) is 12.1 Å². The molecule has 0 saturated heterocycles. The van der Waals surface area contributed by atoms with Crippen LogP contribution in [0.4, 0.5) is 0 Å². The molecule has 7 heteroatoms. The average Bonchev–Trinajstić information content (AvgIpc) is 2.98. The number of hydrogen-bond acceptors (Lipinski definition) is 5. The lowest BCUT2D eigenvalue weighted by Gasteiger charge is -2.15. The molecule has 0 saturated carbocycles. The minimum Gasteiger partial charge on any atom is -0.480 e. The zero-order chi connectivity index (χ0) is 31.8. The van der Waals surface area contributed by atoms with Gasteiger partial charge in [0.15, 0.2) is 0 Å². The number of allylic oxidation sites excluding steroid dienone is 3. The Morgan fingerprint density at radius 2 is 1.21 bits per heavy atom. The van der Waals surface area contributed by atoms with Crippen molar-refractivity contribution >= 4 is 17.8 Å². The van der Waals surface area contributed by atoms with Crippen LogP contribution in [0.1, 0.15) is 168 Å². The molecule has 0 rings (SSSR count). The van der Waals surface area contributed by atoms with Crippen molar-refractivity contribution in [1.29, 1.82) is 0 Å². The van der Waals surface area contributed by atoms with E-state index in [1.807, 2.05) is 0 Å². The predicted molar refractivity (Wildman–Crippen MR) is 179 cm³/mol. The first-order valence-corrected chi connectivity index (χ1v) is 17.7. The van der Waals surface area contributed by atoms with Crippen molar-refractivity contribution in [2.75, 3.05) is 6.54 Å². The van der Waals surface area contributed by atoms with Crippen molar-refractivity contribution in [3.63, 3.8) is 0 Å². The van der Waals surface area contributed by atoms with Crippen LogP contribution in [0.5, 0.6) is 0 Å². The molecule has 2 atom stereocenters. The van der Waals surface area contributed by atoms with Gasteiger partial charge in [0.25, 0.3) is 0 Å². The molecule has 0 spiro atoms. The van der Waals surface area contributed by atoms with E-state index in [9.17, 15) is 19.5 Å². The standard InChI is InChI=1S/C36H66N2O5/c1-3-5-7-9-10-11-12-13-14-15-16-18-24-30-35(40)43-32(26-21-17-8-6-4-2)27-22-19-20-23-29-34(39)38-33(36(41)42)28-25-31-37/h11-12,21,26,32-33H,3-10,13-20,22-25,27-31,37H2,1-2H3,(H,38,39)(H,41,42)/b12-11-,26-21-. The molecule has 1 amide bonds. The highest BCUT2D eigenvalue weighted by atomic mass is 16.5. The van der Waals surface area contributed by atoms with Crippen LogP contribution in [0.15, 0.2) is 24.3 Å². The topological polar surface area (TPSA) is 119 Å². The number of amides is 1. The predicted octanol–water partition coefficient (Wildman–Crippen LogP) is 8.94. The minimum atomic E-state index is -1.02. The number of carbonyl (C=O) groups excluding carboxylic acids is 2. The number of carbonyl (C=O) groups is 3. The second-order valence-corrected chi connectivity index (χ2v) is 11.9. The molecule has 0 aromatic carbocycles. The maximum absolute atomic E-state index is 12.5. The Labute approximate surface area is 263 Å². The van der Waals surface area contributed by atoms with E-state index >= 15 is 0 Å². The zero-order valence-corrected chi connectivity index (χ0v) is 27.8. The molecular weight excluding hydrogens is 540 g/mol. The van der Waals surface area contributed by atoms with Crippen molar-refractivity contribution in [3.8, 4) is 0 Å². The van der Waals surface area contributed by atoms with E-state index < -0.39 is 12.0 Å². The van der Waals surface area contributed by atoms with Gasteiger partial charge in [-0.25, -0.2) is 4.79 Å². The summed E-state index contributed by atoms with van der Waals surface area (Å²) in [7, 11) is 0. The number of esters is 1. The molecular formula is C36H66N2O5. The number of ether oxygens (including phenoxy) is 1. The number of hydrogen-bond donors (Lipinski definition) is 3. The molecule has 0 radical (unpaired) electrons. The molecule has 0 bridgehead atoms. The number of rotatable bonds is 31. The molecule has 43 heavy (non-hydrogen) atoms. The maximum Gasteiger partial charge on any atom is 0.326 e. The van der Waals surface area contributed by atoms with Crippen LogP contribution in [0.25, 0.3) is 0 Å². The number of carboxylic acid groups (broad SMARTS) is 1. The highest BCUT2D eigenvalue weighted by Gasteiger charge is 2.18. The lowest BCUT2D eigenvalue weighted by Crippen LogP contribution is -2.40. The molecule has 0 heterocycles. The van der Waals surface area contributed by atoms with Gasteiger partial charge in [0.05, 0.1) is 0 Å². The monoisotopic (exact) mass is 606 g/mol. The van der Waals surface area contributed by atoms with E-state index in [4.69, 9.17) is 10.5 Å². The van der Waals surface area contributed by atoms with Crippen molar-refractivity contribution in [1.82, 2.24) is 5.32 Å². The zero-order valence-electron chi connectivity index (χ0n) is 27.8. The molecule has 0 aromatic heterocycles. The number of nitrogens with one attached hydrogen (secondary N) is 1. The molecule has 2 unspecified atom stereocenters. The summed E-state index contributed by atoms with van der Waals surface area (Å²) in [5.74, 6) is -1.35. The van der Waals surface area contributed by atoms with Gasteiger partial charge >= 0.3 is 11.9 Å². The second-order valence-electron chi connectivity index (χ2n) is 11.9. The van der Waals surface area contributed by atoms with Gasteiger partial charge in [-0.3, -0.25) is 9.59 Å². The second kappa shape index (κ2) is 31.3. The largest absolute Gasteiger partial charge is 0.480 e. The van der Waals surface area contributed by atoms with Crippen LogP contribution < -0.4 is 11.1 Å². The number of aliphatic carboxylic acids is 1. The summed E-state index contributed by atoms with van der Waals surface area (Å²) in [6.07, 6.45) is 32.4. The van der Waals surface area contributed by atoms with Crippen molar-refractivity contribution in [2.45, 2.75) is 180 Å². The van der Waals surface area contributed by atoms with E-state index in [-0.39, 0.29) is 18.0 Å². The fourth-order valence-corrected chi connectivity index (χ4v) is 5.00.